The molecule has 168 valence electrons. The van der Waals surface area contributed by atoms with Crippen molar-refractivity contribution in [3.63, 3.8) is 0 Å². The van der Waals surface area contributed by atoms with Gasteiger partial charge in [0, 0.05) is 24.3 Å². The first-order valence-electron chi connectivity index (χ1n) is 10.7. The predicted molar refractivity (Wildman–Crippen MR) is 128 cm³/mol. The number of ether oxygens (including phenoxy) is 1. The molecule has 31 heavy (non-hydrogen) atoms. The third kappa shape index (κ3) is 6.76. The number of amides is 2. The molecule has 1 atom stereocenters. The molecule has 0 spiro atoms. The topological polar surface area (TPSA) is 53.6 Å². The molecule has 0 aromatic heterocycles. The lowest BCUT2D eigenvalue weighted by molar-refractivity contribution is 0.139. The van der Waals surface area contributed by atoms with Gasteiger partial charge in [0.15, 0.2) is 0 Å². The molecule has 1 aliphatic rings. The van der Waals surface area contributed by atoms with Crippen LogP contribution in [-0.2, 0) is 6.54 Å². The maximum Gasteiger partial charge on any atom is 0.319 e. The summed E-state index contributed by atoms with van der Waals surface area (Å²) in [5.41, 5.74) is 1.89. The van der Waals surface area contributed by atoms with Gasteiger partial charge in [-0.3, -0.25) is 4.90 Å². The third-order valence-corrected chi connectivity index (χ3v) is 6.61. The Morgan fingerprint density at radius 3 is 2.52 bits per heavy atom. The van der Waals surface area contributed by atoms with Crippen LogP contribution in [0.4, 0.5) is 10.5 Å². The molecular weight excluding hydrogens is 433 g/mol. The molecule has 2 aromatic rings. The number of carbonyl (C=O) groups excluding carboxylic acids is 1. The number of likely N-dealkylation sites (tertiary alicyclic amines) is 1. The van der Waals surface area contributed by atoms with Crippen LogP contribution in [0, 0.1) is 11.8 Å². The minimum absolute atomic E-state index is 0.123. The summed E-state index contributed by atoms with van der Waals surface area (Å²) in [7, 11) is 1.61. The van der Waals surface area contributed by atoms with Gasteiger partial charge in [-0.2, -0.15) is 0 Å². The van der Waals surface area contributed by atoms with E-state index in [1.165, 1.54) is 5.56 Å². The highest BCUT2D eigenvalue weighted by Gasteiger charge is 2.29. The number of benzene rings is 2. The second-order valence-electron chi connectivity index (χ2n) is 8.46. The zero-order valence-electron chi connectivity index (χ0n) is 18.3. The molecule has 5 nitrogen and oxygen atoms in total. The van der Waals surface area contributed by atoms with Crippen LogP contribution in [-0.4, -0.2) is 37.2 Å². The molecule has 1 fully saturated rings. The van der Waals surface area contributed by atoms with E-state index in [0.29, 0.717) is 27.6 Å². The average Bonchev–Trinajstić information content (AvgIpc) is 2.75. The lowest BCUT2D eigenvalue weighted by atomic mass is 9.83. The van der Waals surface area contributed by atoms with Crippen LogP contribution in [0.15, 0.2) is 42.5 Å². The lowest BCUT2D eigenvalue weighted by Crippen LogP contribution is -2.49. The van der Waals surface area contributed by atoms with Crippen LogP contribution in [0.25, 0.3) is 0 Å². The van der Waals surface area contributed by atoms with E-state index in [2.05, 4.69) is 29.4 Å². The third-order valence-electron chi connectivity index (χ3n) is 5.87. The molecule has 2 amide bonds. The number of methoxy groups -OCH3 is 1. The summed E-state index contributed by atoms with van der Waals surface area (Å²) >= 11 is 12.2. The maximum atomic E-state index is 12.6. The van der Waals surface area contributed by atoms with E-state index >= 15 is 0 Å². The van der Waals surface area contributed by atoms with Gasteiger partial charge >= 0.3 is 6.03 Å². The Bertz CT molecular complexity index is 883. The number of nitrogens with zero attached hydrogens (tertiary/aromatic N) is 1. The molecule has 2 N–H and O–H groups in total. The highest BCUT2D eigenvalue weighted by Crippen LogP contribution is 2.28. The molecule has 2 aromatic carbocycles. The first kappa shape index (κ1) is 23.7. The molecule has 0 bridgehead atoms. The van der Waals surface area contributed by atoms with Crippen LogP contribution in [0.1, 0.15) is 32.3 Å². The quantitative estimate of drug-likeness (QED) is 0.524. The number of hydrogen-bond donors (Lipinski definition) is 2. The molecule has 1 aliphatic heterocycles. The molecule has 0 saturated carbocycles. The van der Waals surface area contributed by atoms with Crippen molar-refractivity contribution >= 4 is 34.9 Å². The summed E-state index contributed by atoms with van der Waals surface area (Å²) in [6, 6.07) is 13.1. The summed E-state index contributed by atoms with van der Waals surface area (Å²) in [6.45, 7) is 7.18. The van der Waals surface area contributed by atoms with Gasteiger partial charge in [0.05, 0.1) is 17.2 Å². The second-order valence-corrected chi connectivity index (χ2v) is 9.28. The van der Waals surface area contributed by atoms with Crippen molar-refractivity contribution in [2.24, 2.45) is 11.8 Å². The number of piperidine rings is 1. The molecule has 1 unspecified atom stereocenters. The Labute approximate surface area is 195 Å². The fraction of sp³-hybridized carbons (Fsp3) is 0.458. The number of carbonyl (C=O) groups is 1. The predicted octanol–water partition coefficient (Wildman–Crippen LogP) is 6.06. The van der Waals surface area contributed by atoms with Gasteiger partial charge < -0.3 is 15.4 Å². The number of nitrogens with one attached hydrogen (secondary N) is 2. The minimum Gasteiger partial charge on any atom is -0.497 e. The van der Waals surface area contributed by atoms with Crippen LogP contribution < -0.4 is 15.4 Å². The zero-order valence-corrected chi connectivity index (χ0v) is 19.8. The molecule has 1 heterocycles. The Kier molecular flexibility index (Phi) is 8.47. The first-order chi connectivity index (χ1) is 14.9. The normalized spacial score (nSPS) is 16.2. The highest BCUT2D eigenvalue weighted by atomic mass is 35.5. The smallest absolute Gasteiger partial charge is 0.319 e. The van der Waals surface area contributed by atoms with E-state index < -0.39 is 0 Å². The molecule has 7 heteroatoms. The highest BCUT2D eigenvalue weighted by molar-refractivity contribution is 6.42. The number of halogens is 2. The van der Waals surface area contributed by atoms with Gasteiger partial charge in [-0.05, 0) is 67.6 Å². The fourth-order valence-electron chi connectivity index (χ4n) is 4.21. The van der Waals surface area contributed by atoms with E-state index in [1.54, 1.807) is 7.11 Å². The molecular formula is C24H31Cl2N3O2. The average molecular weight is 464 g/mol. The van der Waals surface area contributed by atoms with Crippen molar-refractivity contribution in [1.29, 1.82) is 0 Å². The van der Waals surface area contributed by atoms with Crippen LogP contribution in [0.5, 0.6) is 5.75 Å². The standard InChI is InChI=1S/C24H31Cl2N3O2/c1-16(2)23(28-24(30)27-19-5-4-6-20(14-19)31-3)18-9-11-29(12-10-18)15-17-7-8-21(25)22(26)13-17/h4-8,13-14,16,18,23H,9-12,15H2,1-3H3,(H2,27,28,30). The first-order valence-corrected chi connectivity index (χ1v) is 11.5. The molecule has 0 radical (unpaired) electrons. The Hall–Kier alpha value is -1.95. The summed E-state index contributed by atoms with van der Waals surface area (Å²) in [4.78, 5) is 15.1. The monoisotopic (exact) mass is 463 g/mol. The van der Waals surface area contributed by atoms with Crippen LogP contribution in [0.3, 0.4) is 0 Å². The van der Waals surface area contributed by atoms with Crippen molar-refractivity contribution in [3.05, 3.63) is 58.1 Å². The Balaban J connectivity index is 1.53. The Morgan fingerprint density at radius 1 is 1.13 bits per heavy atom. The Morgan fingerprint density at radius 2 is 1.87 bits per heavy atom. The van der Waals surface area contributed by atoms with Gasteiger partial charge in [0.25, 0.3) is 0 Å². The van der Waals surface area contributed by atoms with Crippen LogP contribution in [0.2, 0.25) is 10.0 Å². The second kappa shape index (κ2) is 11.1. The van der Waals surface area contributed by atoms with Crippen LogP contribution >= 0.6 is 23.2 Å². The van der Waals surface area contributed by atoms with E-state index in [1.807, 2.05) is 42.5 Å². The number of rotatable bonds is 7. The molecule has 1 saturated heterocycles. The summed E-state index contributed by atoms with van der Waals surface area (Å²) < 4.78 is 5.23. The summed E-state index contributed by atoms with van der Waals surface area (Å²) in [5, 5.41) is 7.32. The van der Waals surface area contributed by atoms with Crippen molar-refractivity contribution in [3.8, 4) is 5.75 Å². The van der Waals surface area contributed by atoms with Gasteiger partial charge in [0.2, 0.25) is 0 Å². The van der Waals surface area contributed by atoms with Gasteiger partial charge in [-0.15, -0.1) is 0 Å². The van der Waals surface area contributed by atoms with Crippen molar-refractivity contribution < 1.29 is 9.53 Å². The number of urea groups is 1. The van der Waals surface area contributed by atoms with Gasteiger partial charge in [-0.1, -0.05) is 49.2 Å². The fourth-order valence-corrected chi connectivity index (χ4v) is 4.54. The summed E-state index contributed by atoms with van der Waals surface area (Å²) in [5.74, 6) is 1.51. The summed E-state index contributed by atoms with van der Waals surface area (Å²) in [6.07, 6.45) is 2.09. The van der Waals surface area contributed by atoms with Crippen molar-refractivity contribution in [1.82, 2.24) is 10.2 Å². The van der Waals surface area contributed by atoms with E-state index in [0.717, 1.165) is 38.2 Å². The SMILES string of the molecule is COc1cccc(NC(=O)NC(C(C)C)C2CCN(Cc3ccc(Cl)c(Cl)c3)CC2)c1. The lowest BCUT2D eigenvalue weighted by Gasteiger charge is -2.38. The van der Waals surface area contributed by atoms with Gasteiger partial charge in [-0.25, -0.2) is 4.79 Å². The molecule has 0 aliphatic carbocycles. The zero-order chi connectivity index (χ0) is 22.4. The number of anilines is 1. The molecule has 3 rings (SSSR count). The van der Waals surface area contributed by atoms with Gasteiger partial charge in [0.1, 0.15) is 5.75 Å². The van der Waals surface area contributed by atoms with E-state index in [-0.39, 0.29) is 12.1 Å². The maximum absolute atomic E-state index is 12.6. The van der Waals surface area contributed by atoms with Crippen molar-refractivity contribution in [2.75, 3.05) is 25.5 Å². The van der Waals surface area contributed by atoms with Crippen molar-refractivity contribution in [2.45, 2.75) is 39.3 Å². The largest absolute Gasteiger partial charge is 0.497 e. The number of hydrogen-bond acceptors (Lipinski definition) is 3. The minimum atomic E-state index is -0.176. The van der Waals surface area contributed by atoms with E-state index in [4.69, 9.17) is 27.9 Å². The van der Waals surface area contributed by atoms with E-state index in [9.17, 15) is 4.79 Å².